The van der Waals surface area contributed by atoms with Gasteiger partial charge in [0.1, 0.15) is 11.4 Å². The average molecular weight is 319 g/mol. The molecule has 0 bridgehead atoms. The minimum atomic E-state index is 0.565. The first kappa shape index (κ1) is 17.2. The Morgan fingerprint density at radius 2 is 1.75 bits per heavy atom. The van der Waals surface area contributed by atoms with E-state index in [2.05, 4.69) is 22.7 Å². The van der Waals surface area contributed by atoms with E-state index in [9.17, 15) is 0 Å². The molecule has 1 aromatic heterocycles. The highest BCUT2D eigenvalue weighted by Crippen LogP contribution is 2.16. The number of nitrogens with two attached hydrogens (primary N) is 2. The number of hydrogen-bond acceptors (Lipinski definition) is 3. The second-order valence-electron chi connectivity index (χ2n) is 5.46. The van der Waals surface area contributed by atoms with Crippen LogP contribution in [0.5, 0.6) is 0 Å². The molecule has 4 N–H and O–H groups in total. The van der Waals surface area contributed by atoms with E-state index in [0.717, 1.165) is 28.5 Å². The molecule has 0 fully saturated rings. The Kier molecular flexibility index (Phi) is 5.32. The van der Waals surface area contributed by atoms with E-state index >= 15 is 0 Å². The summed E-state index contributed by atoms with van der Waals surface area (Å²) in [4.78, 5) is 4.64. The van der Waals surface area contributed by atoms with E-state index in [-0.39, 0.29) is 0 Å². The Bertz CT molecular complexity index is 826. The smallest absolute Gasteiger partial charge is 0.239 e. The van der Waals surface area contributed by atoms with Crippen LogP contribution < -0.4 is 16.0 Å². The standard InChI is InChI=1S/C20H22N4/c1-5-16(22)13-19-15(4)23-18(6-2)20(12-14(3)21)24(19)17-10-8-7-9-11-17/h5-13H,1-2H2,3-4H3,(H3,21,22)/p+1. The van der Waals surface area contributed by atoms with Gasteiger partial charge in [-0.05, 0) is 26.0 Å². The minimum absolute atomic E-state index is 0.565. The predicted molar refractivity (Wildman–Crippen MR) is 101 cm³/mol. The van der Waals surface area contributed by atoms with Crippen LogP contribution in [0.2, 0.25) is 0 Å². The van der Waals surface area contributed by atoms with Crippen molar-refractivity contribution in [2.24, 2.45) is 11.5 Å². The maximum Gasteiger partial charge on any atom is 0.239 e. The zero-order valence-corrected chi connectivity index (χ0v) is 14.2. The highest BCUT2D eigenvalue weighted by atomic mass is 15.0. The molecule has 0 spiro atoms. The molecule has 122 valence electrons. The monoisotopic (exact) mass is 319 g/mol. The highest BCUT2D eigenvalue weighted by Gasteiger charge is 2.24. The number of allylic oxidation sites excluding steroid dienone is 2. The van der Waals surface area contributed by atoms with Crippen molar-refractivity contribution in [3.05, 3.63) is 83.7 Å². The summed E-state index contributed by atoms with van der Waals surface area (Å²) in [5.41, 5.74) is 17.5. The molecule has 0 amide bonds. The van der Waals surface area contributed by atoms with Gasteiger partial charge in [-0.15, -0.1) is 0 Å². The zero-order valence-electron chi connectivity index (χ0n) is 14.2. The van der Waals surface area contributed by atoms with Gasteiger partial charge in [-0.1, -0.05) is 31.4 Å². The normalized spacial score (nSPS) is 12.1. The molecular weight excluding hydrogens is 296 g/mol. The second kappa shape index (κ2) is 7.42. The Hall–Kier alpha value is -3.14. The fraction of sp³-hybridized carbons (Fsp3) is 0.100. The minimum Gasteiger partial charge on any atom is -0.402 e. The van der Waals surface area contributed by atoms with E-state index in [1.54, 1.807) is 12.2 Å². The van der Waals surface area contributed by atoms with E-state index in [0.29, 0.717) is 11.4 Å². The van der Waals surface area contributed by atoms with Crippen molar-refractivity contribution >= 4 is 18.2 Å². The summed E-state index contributed by atoms with van der Waals surface area (Å²) < 4.78 is 2.08. The van der Waals surface area contributed by atoms with Gasteiger partial charge in [0.2, 0.25) is 17.1 Å². The summed E-state index contributed by atoms with van der Waals surface area (Å²) in [6.45, 7) is 11.4. The first-order valence-electron chi connectivity index (χ1n) is 7.65. The van der Waals surface area contributed by atoms with Crippen LogP contribution in [0.25, 0.3) is 23.9 Å². The molecule has 24 heavy (non-hydrogen) atoms. The van der Waals surface area contributed by atoms with Gasteiger partial charge in [0.15, 0.2) is 0 Å². The third-order valence-corrected chi connectivity index (χ3v) is 3.51. The van der Waals surface area contributed by atoms with Crippen molar-refractivity contribution < 1.29 is 4.57 Å². The summed E-state index contributed by atoms with van der Waals surface area (Å²) in [5, 5.41) is 0. The maximum absolute atomic E-state index is 5.98. The lowest BCUT2D eigenvalue weighted by atomic mass is 10.1. The topological polar surface area (TPSA) is 68.8 Å². The molecule has 1 aromatic carbocycles. The summed E-state index contributed by atoms with van der Waals surface area (Å²) in [7, 11) is 0. The van der Waals surface area contributed by atoms with Crippen LogP contribution in [0.15, 0.2) is 61.0 Å². The molecule has 0 unspecified atom stereocenters. The van der Waals surface area contributed by atoms with Crippen molar-refractivity contribution in [2.45, 2.75) is 13.8 Å². The fourth-order valence-electron chi connectivity index (χ4n) is 2.45. The van der Waals surface area contributed by atoms with Crippen molar-refractivity contribution in [2.75, 3.05) is 0 Å². The van der Waals surface area contributed by atoms with Crippen LogP contribution in [-0.2, 0) is 0 Å². The van der Waals surface area contributed by atoms with Crippen molar-refractivity contribution in [3.8, 4) is 5.69 Å². The molecule has 2 aromatic rings. The largest absolute Gasteiger partial charge is 0.402 e. The third kappa shape index (κ3) is 3.60. The molecule has 0 aliphatic heterocycles. The summed E-state index contributed by atoms with van der Waals surface area (Å²) in [5.74, 6) is 0. The first-order chi connectivity index (χ1) is 11.5. The van der Waals surface area contributed by atoms with E-state index in [1.807, 2.05) is 56.3 Å². The lowest BCUT2D eigenvalue weighted by Crippen LogP contribution is -2.40. The average Bonchev–Trinajstić information content (AvgIpc) is 2.57. The van der Waals surface area contributed by atoms with Gasteiger partial charge in [0.25, 0.3) is 0 Å². The Morgan fingerprint density at radius 1 is 1.08 bits per heavy atom. The molecule has 0 saturated carbocycles. The zero-order chi connectivity index (χ0) is 17.7. The van der Waals surface area contributed by atoms with Gasteiger partial charge in [0.05, 0.1) is 0 Å². The summed E-state index contributed by atoms with van der Waals surface area (Å²) in [6, 6.07) is 10.00. The van der Waals surface area contributed by atoms with Gasteiger partial charge in [-0.25, -0.2) is 4.98 Å². The molecular formula is C20H23N4+. The lowest BCUT2D eigenvalue weighted by Gasteiger charge is -2.10. The van der Waals surface area contributed by atoms with Crippen LogP contribution in [0.3, 0.4) is 0 Å². The Balaban J connectivity index is 2.97. The maximum atomic E-state index is 5.98. The van der Waals surface area contributed by atoms with Crippen molar-refractivity contribution in [3.63, 3.8) is 0 Å². The van der Waals surface area contributed by atoms with Gasteiger partial charge in [0, 0.05) is 35.7 Å². The van der Waals surface area contributed by atoms with Gasteiger partial charge >= 0.3 is 0 Å². The molecule has 0 atom stereocenters. The third-order valence-electron chi connectivity index (χ3n) is 3.51. The van der Waals surface area contributed by atoms with Gasteiger partial charge in [-0.2, -0.15) is 4.57 Å². The van der Waals surface area contributed by atoms with Crippen LogP contribution >= 0.6 is 0 Å². The molecule has 1 heterocycles. The van der Waals surface area contributed by atoms with Crippen molar-refractivity contribution in [1.29, 1.82) is 0 Å². The molecule has 2 rings (SSSR count). The molecule has 0 saturated heterocycles. The van der Waals surface area contributed by atoms with Crippen molar-refractivity contribution in [1.82, 2.24) is 4.98 Å². The number of aromatic nitrogens is 2. The molecule has 0 radical (unpaired) electrons. The fourth-order valence-corrected chi connectivity index (χ4v) is 2.45. The first-order valence-corrected chi connectivity index (χ1v) is 7.65. The van der Waals surface area contributed by atoms with Crippen LogP contribution in [0, 0.1) is 6.92 Å². The highest BCUT2D eigenvalue weighted by molar-refractivity contribution is 5.61. The van der Waals surface area contributed by atoms with Crippen LogP contribution in [0.4, 0.5) is 0 Å². The number of aryl methyl sites for hydroxylation is 1. The van der Waals surface area contributed by atoms with Gasteiger partial charge < -0.3 is 11.5 Å². The number of hydrogen-bond donors (Lipinski definition) is 2. The number of nitrogens with zero attached hydrogens (tertiary/aromatic N) is 2. The van der Waals surface area contributed by atoms with Gasteiger partial charge in [-0.3, -0.25) is 0 Å². The Labute approximate surface area is 143 Å². The Morgan fingerprint density at radius 3 is 2.29 bits per heavy atom. The lowest BCUT2D eigenvalue weighted by molar-refractivity contribution is -0.601. The number of para-hydroxylation sites is 1. The quantitative estimate of drug-likeness (QED) is 0.657. The van der Waals surface area contributed by atoms with E-state index in [1.165, 1.54) is 0 Å². The summed E-state index contributed by atoms with van der Waals surface area (Å²) in [6.07, 6.45) is 7.09. The van der Waals surface area contributed by atoms with Crippen LogP contribution in [-0.4, -0.2) is 4.98 Å². The number of benzene rings is 1. The summed E-state index contributed by atoms with van der Waals surface area (Å²) >= 11 is 0. The van der Waals surface area contributed by atoms with E-state index in [4.69, 9.17) is 11.5 Å². The second-order valence-corrected chi connectivity index (χ2v) is 5.46. The SMILES string of the molecule is C=C/C(N)=C\c1c(C)nc(C=C)c(/C=C(\C)N)[n+]1-c1ccccc1. The molecule has 0 aliphatic carbocycles. The number of rotatable bonds is 5. The van der Waals surface area contributed by atoms with E-state index < -0.39 is 0 Å². The molecule has 4 nitrogen and oxygen atoms in total. The molecule has 4 heteroatoms. The molecule has 0 aliphatic rings. The predicted octanol–water partition coefficient (Wildman–Crippen LogP) is 3.11. The van der Waals surface area contributed by atoms with Crippen LogP contribution in [0.1, 0.15) is 29.7 Å².